The Hall–Kier alpha value is -1.56. The molecule has 0 fully saturated rings. The van der Waals surface area contributed by atoms with E-state index in [4.69, 9.17) is 0 Å². The van der Waals surface area contributed by atoms with Crippen LogP contribution in [0.3, 0.4) is 0 Å². The summed E-state index contributed by atoms with van der Waals surface area (Å²) < 4.78 is 23.8. The Morgan fingerprint density at radius 2 is 1.75 bits per heavy atom. The van der Waals surface area contributed by atoms with Crippen molar-refractivity contribution in [3.05, 3.63) is 24.3 Å². The fourth-order valence-corrected chi connectivity index (χ4v) is 3.05. The van der Waals surface area contributed by atoms with E-state index in [0.717, 1.165) is 0 Å². The summed E-state index contributed by atoms with van der Waals surface area (Å²) in [6.07, 6.45) is 0.566. The van der Waals surface area contributed by atoms with Crippen molar-refractivity contribution < 1.29 is 18.3 Å². The second kappa shape index (κ2) is 5.83. The molecule has 1 N–H and O–H groups in total. The van der Waals surface area contributed by atoms with Crippen molar-refractivity contribution in [1.29, 1.82) is 0 Å². The first-order chi connectivity index (χ1) is 9.13. The van der Waals surface area contributed by atoms with Crippen molar-refractivity contribution >= 4 is 21.5 Å². The highest BCUT2D eigenvalue weighted by Crippen LogP contribution is 2.24. The SMILES string of the molecule is CCCS(=O)(=O)c1ccc(N(C)C(C)(C)C(=O)O)cc1. The molecule has 0 spiro atoms. The predicted octanol–water partition coefficient (Wildman–Crippen LogP) is 2.17. The lowest BCUT2D eigenvalue weighted by Gasteiger charge is -2.33. The molecule has 0 amide bonds. The Morgan fingerprint density at radius 1 is 1.25 bits per heavy atom. The van der Waals surface area contributed by atoms with Crippen molar-refractivity contribution in [2.45, 2.75) is 37.6 Å². The van der Waals surface area contributed by atoms with Crippen LogP contribution in [0.25, 0.3) is 0 Å². The molecule has 20 heavy (non-hydrogen) atoms. The van der Waals surface area contributed by atoms with E-state index in [9.17, 15) is 18.3 Å². The molecule has 5 nitrogen and oxygen atoms in total. The predicted molar refractivity (Wildman–Crippen MR) is 78.9 cm³/mol. The maximum atomic E-state index is 11.9. The Bertz CT molecular complexity index is 576. The molecule has 0 aliphatic carbocycles. The number of carboxylic acids is 1. The molecule has 0 aliphatic heterocycles. The summed E-state index contributed by atoms with van der Waals surface area (Å²) in [4.78, 5) is 13.1. The number of likely N-dealkylation sites (N-methyl/N-ethyl adjacent to an activating group) is 1. The Balaban J connectivity index is 3.06. The molecule has 0 saturated heterocycles. The van der Waals surface area contributed by atoms with E-state index in [-0.39, 0.29) is 10.6 Å². The van der Waals surface area contributed by atoms with Gasteiger partial charge in [-0.15, -0.1) is 0 Å². The summed E-state index contributed by atoms with van der Waals surface area (Å²) in [7, 11) is -1.57. The maximum absolute atomic E-state index is 11.9. The summed E-state index contributed by atoms with van der Waals surface area (Å²) in [5, 5.41) is 9.19. The Morgan fingerprint density at radius 3 is 2.15 bits per heavy atom. The molecule has 0 heterocycles. The zero-order valence-corrected chi connectivity index (χ0v) is 13.1. The van der Waals surface area contributed by atoms with Crippen LogP contribution in [0, 0.1) is 0 Å². The van der Waals surface area contributed by atoms with Gasteiger partial charge in [0.15, 0.2) is 9.84 Å². The lowest BCUT2D eigenvalue weighted by atomic mass is 10.0. The molecule has 1 aromatic rings. The smallest absolute Gasteiger partial charge is 0.328 e. The van der Waals surface area contributed by atoms with E-state index >= 15 is 0 Å². The Labute approximate surface area is 120 Å². The molecule has 0 atom stereocenters. The summed E-state index contributed by atoms with van der Waals surface area (Å²) >= 11 is 0. The van der Waals surface area contributed by atoms with Gasteiger partial charge >= 0.3 is 5.97 Å². The third kappa shape index (κ3) is 3.30. The third-order valence-electron chi connectivity index (χ3n) is 3.42. The highest BCUT2D eigenvalue weighted by molar-refractivity contribution is 7.91. The van der Waals surface area contributed by atoms with Gasteiger partial charge in [-0.2, -0.15) is 0 Å². The van der Waals surface area contributed by atoms with Gasteiger partial charge < -0.3 is 10.0 Å². The van der Waals surface area contributed by atoms with Crippen molar-refractivity contribution in [1.82, 2.24) is 0 Å². The van der Waals surface area contributed by atoms with Crippen LogP contribution in [0.2, 0.25) is 0 Å². The number of benzene rings is 1. The fourth-order valence-electron chi connectivity index (χ4n) is 1.73. The normalized spacial score (nSPS) is 12.2. The van der Waals surface area contributed by atoms with E-state index in [1.807, 2.05) is 6.92 Å². The number of aliphatic carboxylic acids is 1. The third-order valence-corrected chi connectivity index (χ3v) is 5.35. The van der Waals surface area contributed by atoms with E-state index < -0.39 is 21.3 Å². The number of hydrogen-bond donors (Lipinski definition) is 1. The molecule has 1 rings (SSSR count). The van der Waals surface area contributed by atoms with Crippen LogP contribution in [0.15, 0.2) is 29.2 Å². The first-order valence-electron chi connectivity index (χ1n) is 6.43. The number of carboxylic acid groups (broad SMARTS) is 1. The standard InChI is InChI=1S/C14H21NO4S/c1-5-10-20(18,19)12-8-6-11(7-9-12)15(4)14(2,3)13(16)17/h6-9H,5,10H2,1-4H3,(H,16,17). The van der Waals surface area contributed by atoms with Crippen LogP contribution >= 0.6 is 0 Å². The van der Waals surface area contributed by atoms with Crippen LogP contribution in [0.5, 0.6) is 0 Å². The molecule has 1 aromatic carbocycles. The highest BCUT2D eigenvalue weighted by Gasteiger charge is 2.32. The van der Waals surface area contributed by atoms with E-state index in [1.54, 1.807) is 37.9 Å². The lowest BCUT2D eigenvalue weighted by molar-refractivity contribution is -0.142. The van der Waals surface area contributed by atoms with Crippen molar-refractivity contribution in [3.8, 4) is 0 Å². The Kier molecular flexibility index (Phi) is 4.81. The molecule has 112 valence electrons. The van der Waals surface area contributed by atoms with Gasteiger partial charge in [-0.25, -0.2) is 13.2 Å². The molecule has 0 bridgehead atoms. The molecular formula is C14H21NO4S. The minimum atomic E-state index is -3.24. The maximum Gasteiger partial charge on any atom is 0.328 e. The molecule has 0 aliphatic rings. The average Bonchev–Trinajstić information content (AvgIpc) is 2.37. The lowest BCUT2D eigenvalue weighted by Crippen LogP contribution is -2.48. The fraction of sp³-hybridized carbons (Fsp3) is 0.500. The average molecular weight is 299 g/mol. The van der Waals surface area contributed by atoms with Gasteiger partial charge in [-0.3, -0.25) is 0 Å². The van der Waals surface area contributed by atoms with Gasteiger partial charge in [0, 0.05) is 12.7 Å². The summed E-state index contributed by atoms with van der Waals surface area (Å²) in [6, 6.07) is 6.31. The van der Waals surface area contributed by atoms with Crippen molar-refractivity contribution in [3.63, 3.8) is 0 Å². The number of rotatable bonds is 6. The van der Waals surface area contributed by atoms with Crippen LogP contribution in [0.4, 0.5) is 5.69 Å². The monoisotopic (exact) mass is 299 g/mol. The van der Waals surface area contributed by atoms with Crippen LogP contribution < -0.4 is 4.90 Å². The minimum absolute atomic E-state index is 0.114. The number of anilines is 1. The largest absolute Gasteiger partial charge is 0.480 e. The van der Waals surface area contributed by atoms with Crippen molar-refractivity contribution in [2.24, 2.45) is 0 Å². The second-order valence-electron chi connectivity index (χ2n) is 5.24. The molecule has 0 aromatic heterocycles. The zero-order chi connectivity index (χ0) is 15.6. The number of sulfone groups is 1. The van der Waals surface area contributed by atoms with Crippen LogP contribution in [-0.2, 0) is 14.6 Å². The minimum Gasteiger partial charge on any atom is -0.480 e. The summed E-state index contributed by atoms with van der Waals surface area (Å²) in [6.45, 7) is 5.00. The number of carbonyl (C=O) groups is 1. The molecule has 6 heteroatoms. The topological polar surface area (TPSA) is 74.7 Å². The van der Waals surface area contributed by atoms with Gasteiger partial charge in [0.05, 0.1) is 10.6 Å². The first-order valence-corrected chi connectivity index (χ1v) is 8.08. The van der Waals surface area contributed by atoms with E-state index in [0.29, 0.717) is 12.1 Å². The summed E-state index contributed by atoms with van der Waals surface area (Å²) in [5.41, 5.74) is -0.406. The number of nitrogens with zero attached hydrogens (tertiary/aromatic N) is 1. The van der Waals surface area contributed by atoms with Crippen LogP contribution in [0.1, 0.15) is 27.2 Å². The number of hydrogen-bond acceptors (Lipinski definition) is 4. The van der Waals surface area contributed by atoms with Gasteiger partial charge in [0.25, 0.3) is 0 Å². The first kappa shape index (κ1) is 16.5. The van der Waals surface area contributed by atoms with Crippen molar-refractivity contribution in [2.75, 3.05) is 17.7 Å². The van der Waals surface area contributed by atoms with E-state index in [1.165, 1.54) is 12.1 Å². The van der Waals surface area contributed by atoms with Gasteiger partial charge in [0.1, 0.15) is 5.54 Å². The van der Waals surface area contributed by atoms with Gasteiger partial charge in [0.2, 0.25) is 0 Å². The second-order valence-corrected chi connectivity index (χ2v) is 7.35. The molecular weight excluding hydrogens is 278 g/mol. The zero-order valence-electron chi connectivity index (χ0n) is 12.3. The van der Waals surface area contributed by atoms with Gasteiger partial charge in [-0.05, 0) is 44.5 Å². The molecule has 0 saturated carbocycles. The summed E-state index contributed by atoms with van der Waals surface area (Å²) in [5.74, 6) is -0.828. The quantitative estimate of drug-likeness (QED) is 0.871. The highest BCUT2D eigenvalue weighted by atomic mass is 32.2. The van der Waals surface area contributed by atoms with Crippen LogP contribution in [-0.4, -0.2) is 37.8 Å². The molecule has 0 radical (unpaired) electrons. The van der Waals surface area contributed by atoms with E-state index in [2.05, 4.69) is 0 Å². The van der Waals surface area contributed by atoms with Gasteiger partial charge in [-0.1, -0.05) is 6.92 Å². The molecule has 0 unspecified atom stereocenters.